The summed E-state index contributed by atoms with van der Waals surface area (Å²) in [6.07, 6.45) is 8.33. The maximum absolute atomic E-state index is 10.8. The first-order chi connectivity index (χ1) is 15.7. The number of allylic oxidation sites excluding steroid dienone is 1. The van der Waals surface area contributed by atoms with Crippen LogP contribution in [0.25, 0.3) is 0 Å². The van der Waals surface area contributed by atoms with E-state index in [9.17, 15) is 4.79 Å². The van der Waals surface area contributed by atoms with Crippen molar-refractivity contribution in [3.8, 4) is 5.75 Å². The molecule has 0 amide bonds. The van der Waals surface area contributed by atoms with Gasteiger partial charge in [-0.2, -0.15) is 0 Å². The van der Waals surface area contributed by atoms with Crippen LogP contribution < -0.4 is 9.80 Å². The quantitative estimate of drug-likeness (QED) is 0.395. The van der Waals surface area contributed by atoms with E-state index >= 15 is 0 Å². The lowest BCUT2D eigenvalue weighted by Gasteiger charge is -2.25. The van der Waals surface area contributed by atoms with Crippen molar-refractivity contribution < 1.29 is 19.5 Å². The predicted octanol–water partition coefficient (Wildman–Crippen LogP) is 4.60. The Hall–Kier alpha value is -3.64. The fraction of sp³-hybridized carbons (Fsp3) is 0.231. The van der Waals surface area contributed by atoms with Gasteiger partial charge in [-0.05, 0) is 66.3 Å². The summed E-state index contributed by atoms with van der Waals surface area (Å²) in [6, 6.07) is 19.8. The molecule has 1 N–H and O–H groups in total. The van der Waals surface area contributed by atoms with E-state index < -0.39 is 5.97 Å². The van der Waals surface area contributed by atoms with Crippen LogP contribution in [0.3, 0.4) is 0 Å². The molecule has 0 saturated carbocycles. The molecular weight excluding hydrogens is 404 g/mol. The number of pyridine rings is 1. The number of para-hydroxylation sites is 1. The minimum Gasteiger partial charge on any atom is -0.482 e. The van der Waals surface area contributed by atoms with E-state index in [2.05, 4.69) is 17.1 Å². The van der Waals surface area contributed by atoms with E-state index in [1.165, 1.54) is 11.1 Å². The highest BCUT2D eigenvalue weighted by Crippen LogP contribution is 2.32. The molecule has 6 heteroatoms. The van der Waals surface area contributed by atoms with Crippen LogP contribution in [0, 0.1) is 0 Å². The fourth-order valence-corrected chi connectivity index (χ4v) is 3.80. The molecule has 4 rings (SSSR count). The lowest BCUT2D eigenvalue weighted by atomic mass is 9.87. The van der Waals surface area contributed by atoms with E-state index in [4.69, 9.17) is 14.7 Å². The number of hydrogen-bond donors (Lipinski definition) is 1. The van der Waals surface area contributed by atoms with Crippen molar-refractivity contribution in [2.24, 2.45) is 0 Å². The van der Waals surface area contributed by atoms with Gasteiger partial charge in [-0.3, -0.25) is 9.82 Å². The zero-order valence-corrected chi connectivity index (χ0v) is 17.8. The van der Waals surface area contributed by atoms with Crippen molar-refractivity contribution in [1.29, 1.82) is 0 Å². The first kappa shape index (κ1) is 21.6. The van der Waals surface area contributed by atoms with Gasteiger partial charge < -0.3 is 9.84 Å². The van der Waals surface area contributed by atoms with Crippen molar-refractivity contribution >= 4 is 11.7 Å². The molecule has 0 fully saturated rings. The van der Waals surface area contributed by atoms with Crippen LogP contribution in [-0.2, 0) is 29.1 Å². The molecule has 0 aliphatic heterocycles. The molecule has 3 aromatic rings. The second-order valence-corrected chi connectivity index (χ2v) is 7.64. The summed E-state index contributed by atoms with van der Waals surface area (Å²) in [5.41, 5.74) is 5.70. The highest BCUT2D eigenvalue weighted by molar-refractivity contribution is 5.68. The monoisotopic (exact) mass is 430 g/mol. The van der Waals surface area contributed by atoms with Gasteiger partial charge in [0.15, 0.2) is 6.61 Å². The van der Waals surface area contributed by atoms with Crippen LogP contribution >= 0.6 is 0 Å². The molecule has 0 spiro atoms. The molecule has 0 bridgehead atoms. The van der Waals surface area contributed by atoms with E-state index in [0.717, 1.165) is 36.1 Å². The third-order valence-corrected chi connectivity index (χ3v) is 5.42. The van der Waals surface area contributed by atoms with Crippen molar-refractivity contribution in [2.75, 3.05) is 18.2 Å². The number of rotatable bonds is 9. The molecule has 1 aliphatic rings. The molecule has 0 unspecified atom stereocenters. The van der Waals surface area contributed by atoms with Gasteiger partial charge in [0.1, 0.15) is 12.4 Å². The molecule has 1 aromatic heterocycles. The number of carboxylic acids is 1. The Morgan fingerprint density at radius 1 is 1.03 bits per heavy atom. The third kappa shape index (κ3) is 5.74. The van der Waals surface area contributed by atoms with Crippen molar-refractivity contribution in [3.63, 3.8) is 0 Å². The lowest BCUT2D eigenvalue weighted by Crippen LogP contribution is -2.24. The van der Waals surface area contributed by atoms with Gasteiger partial charge in [-0.15, -0.1) is 0 Å². The molecule has 0 saturated heterocycles. The largest absolute Gasteiger partial charge is 0.482 e. The molecule has 2 aromatic carbocycles. The van der Waals surface area contributed by atoms with Gasteiger partial charge in [0, 0.05) is 12.4 Å². The zero-order chi connectivity index (χ0) is 22.2. The summed E-state index contributed by atoms with van der Waals surface area (Å²) < 4.78 is 5.48. The van der Waals surface area contributed by atoms with Gasteiger partial charge in [0.25, 0.3) is 0 Å². The summed E-state index contributed by atoms with van der Waals surface area (Å²) in [5.74, 6) is -0.290. The van der Waals surface area contributed by atoms with E-state index in [1.54, 1.807) is 12.4 Å². The molecular formula is C26H26N2O4. The van der Waals surface area contributed by atoms with Crippen LogP contribution in [-0.4, -0.2) is 29.2 Å². The second kappa shape index (κ2) is 10.6. The van der Waals surface area contributed by atoms with Crippen LogP contribution in [0.2, 0.25) is 0 Å². The minimum atomic E-state index is -0.966. The number of aromatic nitrogens is 1. The van der Waals surface area contributed by atoms with Gasteiger partial charge in [0.2, 0.25) is 0 Å². The SMILES string of the molecule is O=C(O)COc1cccc2c1CCC(=CCN(OCc1ccncc1)c1ccccc1)C2. The van der Waals surface area contributed by atoms with E-state index in [-0.39, 0.29) is 6.61 Å². The molecule has 32 heavy (non-hydrogen) atoms. The molecule has 0 atom stereocenters. The first-order valence-electron chi connectivity index (χ1n) is 10.7. The Bertz CT molecular complexity index is 1070. The number of fused-ring (bicyclic) bond motifs is 1. The van der Waals surface area contributed by atoms with Crippen LogP contribution in [0.1, 0.15) is 23.1 Å². The smallest absolute Gasteiger partial charge is 0.341 e. The molecule has 6 nitrogen and oxygen atoms in total. The van der Waals surface area contributed by atoms with Crippen molar-refractivity contribution in [3.05, 3.63) is 101 Å². The minimum absolute atomic E-state index is 0.319. The highest BCUT2D eigenvalue weighted by atomic mass is 16.7. The van der Waals surface area contributed by atoms with E-state index in [1.807, 2.05) is 59.7 Å². The Morgan fingerprint density at radius 3 is 2.62 bits per heavy atom. The molecule has 0 radical (unpaired) electrons. The first-order valence-corrected chi connectivity index (χ1v) is 10.7. The standard InChI is InChI=1S/C26H26N2O4/c29-26(30)19-31-25-8-4-5-22-17-20(9-10-24(22)25)13-16-28(23-6-2-1-3-7-23)32-18-21-11-14-27-15-12-21/h1-8,11-15H,9-10,16-19H2,(H,29,30). The Morgan fingerprint density at radius 2 is 1.84 bits per heavy atom. The normalized spacial score (nSPS) is 14.1. The Kier molecular flexibility index (Phi) is 7.15. The van der Waals surface area contributed by atoms with Crippen molar-refractivity contribution in [1.82, 2.24) is 4.98 Å². The highest BCUT2D eigenvalue weighted by Gasteiger charge is 2.18. The Balaban J connectivity index is 1.45. The lowest BCUT2D eigenvalue weighted by molar-refractivity contribution is -0.139. The number of hydrogen-bond acceptors (Lipinski definition) is 5. The number of carbonyl (C=O) groups is 1. The number of anilines is 1. The van der Waals surface area contributed by atoms with Gasteiger partial charge >= 0.3 is 5.97 Å². The summed E-state index contributed by atoms with van der Waals surface area (Å²) in [5, 5.41) is 10.8. The Labute approximate surface area is 187 Å². The van der Waals surface area contributed by atoms with Crippen LogP contribution in [0.15, 0.2) is 84.7 Å². The summed E-state index contributed by atoms with van der Waals surface area (Å²) in [6.45, 7) is 0.780. The van der Waals surface area contributed by atoms with E-state index in [0.29, 0.717) is 18.9 Å². The average molecular weight is 431 g/mol. The summed E-state index contributed by atoms with van der Waals surface area (Å²) in [7, 11) is 0. The number of ether oxygens (including phenoxy) is 1. The zero-order valence-electron chi connectivity index (χ0n) is 17.8. The number of benzene rings is 2. The van der Waals surface area contributed by atoms with Crippen LogP contribution in [0.4, 0.5) is 5.69 Å². The summed E-state index contributed by atoms with van der Waals surface area (Å²) in [4.78, 5) is 21.0. The van der Waals surface area contributed by atoms with Crippen molar-refractivity contribution in [2.45, 2.75) is 25.9 Å². The van der Waals surface area contributed by atoms with Gasteiger partial charge in [-0.25, -0.2) is 9.86 Å². The number of hydroxylamine groups is 1. The summed E-state index contributed by atoms with van der Waals surface area (Å²) >= 11 is 0. The molecule has 164 valence electrons. The third-order valence-electron chi connectivity index (χ3n) is 5.42. The molecule has 1 heterocycles. The second-order valence-electron chi connectivity index (χ2n) is 7.64. The van der Waals surface area contributed by atoms with Crippen LogP contribution in [0.5, 0.6) is 5.75 Å². The topological polar surface area (TPSA) is 71.9 Å². The maximum atomic E-state index is 10.8. The average Bonchev–Trinajstić information content (AvgIpc) is 2.83. The predicted molar refractivity (Wildman–Crippen MR) is 122 cm³/mol. The fourth-order valence-electron chi connectivity index (χ4n) is 3.80. The maximum Gasteiger partial charge on any atom is 0.341 e. The number of aliphatic carboxylic acids is 1. The van der Waals surface area contributed by atoms with Gasteiger partial charge in [0.05, 0.1) is 12.2 Å². The molecule has 1 aliphatic carbocycles. The number of carboxylic acid groups (broad SMARTS) is 1. The van der Waals surface area contributed by atoms with Gasteiger partial charge in [-0.1, -0.05) is 42.0 Å². The number of nitrogens with zero attached hydrogens (tertiary/aromatic N) is 2.